The van der Waals surface area contributed by atoms with Crippen molar-refractivity contribution < 1.29 is 20.4 Å². The van der Waals surface area contributed by atoms with Crippen molar-refractivity contribution in [2.45, 2.75) is 30.4 Å². The molecule has 1 aliphatic heterocycles. The van der Waals surface area contributed by atoms with E-state index in [0.29, 0.717) is 0 Å². The Bertz CT molecular complexity index is 597. The Balaban J connectivity index is 2.04. The van der Waals surface area contributed by atoms with Crippen molar-refractivity contribution in [3.8, 4) is 0 Å². The Morgan fingerprint density at radius 2 is 1.33 bits per heavy atom. The van der Waals surface area contributed by atoms with Gasteiger partial charge in [-0.1, -0.05) is 60.7 Å². The third-order valence-electron chi connectivity index (χ3n) is 4.71. The molecular weight excluding hydrogens is 306 g/mol. The van der Waals surface area contributed by atoms with Gasteiger partial charge in [0.2, 0.25) is 0 Å². The highest BCUT2D eigenvalue weighted by Crippen LogP contribution is 2.34. The molecule has 1 heterocycles. The molecule has 0 radical (unpaired) electrons. The summed E-state index contributed by atoms with van der Waals surface area (Å²) in [5, 5.41) is 40.2. The second kappa shape index (κ2) is 7.42. The molecule has 0 aromatic heterocycles. The number of likely N-dealkylation sites (tertiary alicyclic amines) is 1. The Morgan fingerprint density at radius 3 is 1.79 bits per heavy atom. The standard InChI is InChI=1S/C19H23NO4/c21-12-15-18(23)19(24)16(22)11-20(15)17(13-7-3-1-4-8-13)14-9-5-2-6-10-14/h1-10,15-19,21-24H,11-12H2/t15-,16+,18-,19-/m1/s1. The lowest BCUT2D eigenvalue weighted by Gasteiger charge is -2.47. The van der Waals surface area contributed by atoms with Crippen molar-refractivity contribution >= 4 is 0 Å². The van der Waals surface area contributed by atoms with Gasteiger partial charge in [0, 0.05) is 6.54 Å². The van der Waals surface area contributed by atoms with Gasteiger partial charge in [-0.3, -0.25) is 4.90 Å². The van der Waals surface area contributed by atoms with E-state index in [1.165, 1.54) is 0 Å². The number of aliphatic hydroxyl groups is 4. The number of hydrogen-bond donors (Lipinski definition) is 4. The molecule has 128 valence electrons. The molecule has 1 aliphatic rings. The topological polar surface area (TPSA) is 84.2 Å². The summed E-state index contributed by atoms with van der Waals surface area (Å²) < 4.78 is 0. The summed E-state index contributed by atoms with van der Waals surface area (Å²) in [7, 11) is 0. The van der Waals surface area contributed by atoms with Gasteiger partial charge >= 0.3 is 0 Å². The largest absolute Gasteiger partial charge is 0.395 e. The lowest BCUT2D eigenvalue weighted by Crippen LogP contribution is -2.63. The van der Waals surface area contributed by atoms with E-state index in [4.69, 9.17) is 0 Å². The summed E-state index contributed by atoms with van der Waals surface area (Å²) in [5.74, 6) is 0. The molecule has 0 spiro atoms. The monoisotopic (exact) mass is 329 g/mol. The molecular formula is C19H23NO4. The van der Waals surface area contributed by atoms with E-state index >= 15 is 0 Å². The maximum absolute atomic E-state index is 10.3. The minimum absolute atomic E-state index is 0.165. The minimum atomic E-state index is -1.26. The Kier molecular flexibility index (Phi) is 5.28. The van der Waals surface area contributed by atoms with Crippen molar-refractivity contribution in [3.63, 3.8) is 0 Å². The summed E-state index contributed by atoms with van der Waals surface area (Å²) in [5.41, 5.74) is 2.00. The van der Waals surface area contributed by atoms with E-state index in [1.54, 1.807) is 0 Å². The van der Waals surface area contributed by atoms with Crippen molar-refractivity contribution in [2.24, 2.45) is 0 Å². The highest BCUT2D eigenvalue weighted by molar-refractivity contribution is 5.32. The molecule has 5 nitrogen and oxygen atoms in total. The molecule has 4 atom stereocenters. The molecule has 1 fully saturated rings. The zero-order chi connectivity index (χ0) is 17.1. The zero-order valence-electron chi connectivity index (χ0n) is 13.3. The van der Waals surface area contributed by atoms with Crippen LogP contribution in [-0.4, -0.2) is 62.8 Å². The predicted molar refractivity (Wildman–Crippen MR) is 90.3 cm³/mol. The number of nitrogens with zero attached hydrogens (tertiary/aromatic N) is 1. The number of benzene rings is 2. The second-order valence-corrected chi connectivity index (χ2v) is 6.22. The van der Waals surface area contributed by atoms with Crippen molar-refractivity contribution in [1.29, 1.82) is 0 Å². The maximum atomic E-state index is 10.3. The van der Waals surface area contributed by atoms with Crippen LogP contribution in [0.1, 0.15) is 17.2 Å². The predicted octanol–water partition coefficient (Wildman–Crippen LogP) is 0.535. The van der Waals surface area contributed by atoms with E-state index in [0.717, 1.165) is 11.1 Å². The second-order valence-electron chi connectivity index (χ2n) is 6.22. The van der Waals surface area contributed by atoms with Crippen LogP contribution in [0.15, 0.2) is 60.7 Å². The minimum Gasteiger partial charge on any atom is -0.395 e. The van der Waals surface area contributed by atoms with Crippen LogP contribution in [0.25, 0.3) is 0 Å². The first-order valence-electron chi connectivity index (χ1n) is 8.14. The van der Waals surface area contributed by atoms with Crippen LogP contribution in [0.5, 0.6) is 0 Å². The molecule has 0 unspecified atom stereocenters. The molecule has 5 heteroatoms. The van der Waals surface area contributed by atoms with Crippen LogP contribution >= 0.6 is 0 Å². The van der Waals surface area contributed by atoms with E-state index < -0.39 is 24.4 Å². The Morgan fingerprint density at radius 1 is 0.833 bits per heavy atom. The van der Waals surface area contributed by atoms with Crippen molar-refractivity contribution in [1.82, 2.24) is 4.90 Å². The summed E-state index contributed by atoms with van der Waals surface area (Å²) in [4.78, 5) is 1.87. The Hall–Kier alpha value is -1.76. The molecule has 2 aromatic rings. The van der Waals surface area contributed by atoms with Crippen molar-refractivity contribution in [3.05, 3.63) is 71.8 Å². The molecule has 0 aliphatic carbocycles. The SMILES string of the molecule is OC[C@@H]1[C@@H](O)[C@H](O)[C@@H](O)CN1C(c1ccccc1)c1ccccc1. The quantitative estimate of drug-likeness (QED) is 0.658. The number of rotatable bonds is 4. The van der Waals surface area contributed by atoms with Gasteiger partial charge in [-0.25, -0.2) is 0 Å². The fraction of sp³-hybridized carbons (Fsp3) is 0.368. The number of aliphatic hydroxyl groups excluding tert-OH is 4. The number of piperidine rings is 1. The van der Waals surface area contributed by atoms with Gasteiger partial charge in [0.15, 0.2) is 0 Å². The smallest absolute Gasteiger partial charge is 0.109 e. The molecule has 1 saturated heterocycles. The van der Waals surface area contributed by atoms with Gasteiger partial charge in [0.05, 0.1) is 24.8 Å². The fourth-order valence-corrected chi connectivity index (χ4v) is 3.47. The summed E-state index contributed by atoms with van der Waals surface area (Å²) in [6, 6.07) is 18.6. The lowest BCUT2D eigenvalue weighted by molar-refractivity contribution is -0.151. The molecule has 2 aromatic carbocycles. The molecule has 3 rings (SSSR count). The first kappa shape index (κ1) is 17.1. The average Bonchev–Trinajstić information content (AvgIpc) is 2.62. The molecule has 4 N–H and O–H groups in total. The molecule has 24 heavy (non-hydrogen) atoms. The first-order valence-corrected chi connectivity index (χ1v) is 8.14. The molecule has 0 saturated carbocycles. The van der Waals surface area contributed by atoms with Gasteiger partial charge in [-0.2, -0.15) is 0 Å². The van der Waals surface area contributed by atoms with Crippen molar-refractivity contribution in [2.75, 3.05) is 13.2 Å². The summed E-state index contributed by atoms with van der Waals surface area (Å²) in [6.45, 7) is -0.140. The highest BCUT2D eigenvalue weighted by atomic mass is 16.4. The third kappa shape index (κ3) is 3.22. The lowest BCUT2D eigenvalue weighted by atomic mass is 9.88. The molecule has 0 amide bonds. The maximum Gasteiger partial charge on any atom is 0.109 e. The van der Waals surface area contributed by atoms with E-state index in [1.807, 2.05) is 65.6 Å². The van der Waals surface area contributed by atoms with E-state index in [-0.39, 0.29) is 19.2 Å². The highest BCUT2D eigenvalue weighted by Gasteiger charge is 2.44. The van der Waals surface area contributed by atoms with E-state index in [9.17, 15) is 20.4 Å². The summed E-state index contributed by atoms with van der Waals surface area (Å²) in [6.07, 6.45) is -3.54. The van der Waals surface area contributed by atoms with Gasteiger partial charge in [0.1, 0.15) is 12.2 Å². The van der Waals surface area contributed by atoms with Crippen LogP contribution in [-0.2, 0) is 0 Å². The van der Waals surface area contributed by atoms with Gasteiger partial charge < -0.3 is 20.4 Å². The van der Waals surface area contributed by atoms with Gasteiger partial charge in [0.25, 0.3) is 0 Å². The summed E-state index contributed by atoms with van der Waals surface area (Å²) >= 11 is 0. The number of hydrogen-bond acceptors (Lipinski definition) is 5. The van der Waals surface area contributed by atoms with Crippen LogP contribution in [0, 0.1) is 0 Å². The fourth-order valence-electron chi connectivity index (χ4n) is 3.47. The number of β-amino-alcohol motifs (C(OH)–C–C–N with tert-alkyl or cyclic N) is 1. The third-order valence-corrected chi connectivity index (χ3v) is 4.71. The molecule has 0 bridgehead atoms. The van der Waals surface area contributed by atoms with Crippen LogP contribution in [0.3, 0.4) is 0 Å². The normalized spacial score (nSPS) is 28.2. The zero-order valence-corrected chi connectivity index (χ0v) is 13.3. The van der Waals surface area contributed by atoms with E-state index in [2.05, 4.69) is 0 Å². The van der Waals surface area contributed by atoms with Gasteiger partial charge in [-0.15, -0.1) is 0 Å². The van der Waals surface area contributed by atoms with Crippen LogP contribution in [0.2, 0.25) is 0 Å². The van der Waals surface area contributed by atoms with Crippen LogP contribution < -0.4 is 0 Å². The first-order chi connectivity index (χ1) is 11.6. The average molecular weight is 329 g/mol. The Labute approximate surface area is 141 Å². The van der Waals surface area contributed by atoms with Gasteiger partial charge in [-0.05, 0) is 11.1 Å². The van der Waals surface area contributed by atoms with Crippen LogP contribution in [0.4, 0.5) is 0 Å².